The lowest BCUT2D eigenvalue weighted by molar-refractivity contribution is 0.0930. The van der Waals surface area contributed by atoms with E-state index in [1.54, 1.807) is 19.1 Å². The second kappa shape index (κ2) is 6.54. The van der Waals surface area contributed by atoms with Crippen LogP contribution in [0.25, 0.3) is 5.69 Å². The van der Waals surface area contributed by atoms with Gasteiger partial charge < -0.3 is 5.32 Å². The number of halogens is 1. The quantitative estimate of drug-likeness (QED) is 0.940. The van der Waals surface area contributed by atoms with E-state index in [4.69, 9.17) is 11.6 Å². The van der Waals surface area contributed by atoms with Gasteiger partial charge in [0, 0.05) is 17.8 Å². The molecule has 2 aromatic rings. The lowest BCUT2D eigenvalue weighted by Crippen LogP contribution is -2.37. The Hall–Kier alpha value is -2.14. The monoisotopic (exact) mass is 331 g/mol. The van der Waals surface area contributed by atoms with Crippen molar-refractivity contribution in [3.8, 4) is 5.69 Å². The molecular weight excluding hydrogens is 314 g/mol. The highest BCUT2D eigenvalue weighted by molar-refractivity contribution is 6.32. The summed E-state index contributed by atoms with van der Waals surface area (Å²) in [6.07, 6.45) is 4.12. The molecular formula is C17H18ClN3O2. The van der Waals surface area contributed by atoms with E-state index in [2.05, 4.69) is 10.4 Å². The first-order chi connectivity index (χ1) is 11.1. The maximum Gasteiger partial charge on any atom is 0.276 e. The Bertz CT molecular complexity index is 795. The third kappa shape index (κ3) is 3.29. The lowest BCUT2D eigenvalue weighted by atomic mass is 10.2. The molecule has 0 atom stereocenters. The van der Waals surface area contributed by atoms with E-state index in [-0.39, 0.29) is 17.2 Å². The van der Waals surface area contributed by atoms with Crippen LogP contribution in [0.4, 0.5) is 0 Å². The van der Waals surface area contributed by atoms with E-state index in [9.17, 15) is 9.59 Å². The van der Waals surface area contributed by atoms with Gasteiger partial charge in [-0.3, -0.25) is 9.59 Å². The maximum absolute atomic E-state index is 12.4. The maximum atomic E-state index is 12.4. The van der Waals surface area contributed by atoms with E-state index >= 15 is 0 Å². The van der Waals surface area contributed by atoms with Crippen molar-refractivity contribution in [3.05, 3.63) is 57.0 Å². The Labute approximate surface area is 139 Å². The number of aromatic nitrogens is 2. The van der Waals surface area contributed by atoms with Crippen molar-refractivity contribution in [2.75, 3.05) is 0 Å². The van der Waals surface area contributed by atoms with E-state index in [1.165, 1.54) is 10.7 Å². The Morgan fingerprint density at radius 1 is 1.30 bits per heavy atom. The number of para-hydroxylation sites is 1. The fourth-order valence-corrected chi connectivity index (χ4v) is 3.11. The third-order valence-electron chi connectivity index (χ3n) is 4.09. The molecule has 1 N–H and O–H groups in total. The standard InChI is InChI=1S/C17H18ClN3O2/c1-11-10-15(22)16(17(23)19-12-6-2-3-7-12)20-21(11)14-9-5-4-8-13(14)18/h4-5,8-10,12H,2-3,6-7H2,1H3,(H,19,23). The average molecular weight is 332 g/mol. The highest BCUT2D eigenvalue weighted by Crippen LogP contribution is 2.20. The van der Waals surface area contributed by atoms with Crippen LogP contribution >= 0.6 is 11.6 Å². The van der Waals surface area contributed by atoms with Gasteiger partial charge >= 0.3 is 0 Å². The topological polar surface area (TPSA) is 64.0 Å². The van der Waals surface area contributed by atoms with Crippen LogP contribution in [0.5, 0.6) is 0 Å². The predicted molar refractivity (Wildman–Crippen MR) is 89.3 cm³/mol. The summed E-state index contributed by atoms with van der Waals surface area (Å²) < 4.78 is 1.54. The van der Waals surface area contributed by atoms with Gasteiger partial charge in [0.15, 0.2) is 5.69 Å². The third-order valence-corrected chi connectivity index (χ3v) is 4.41. The summed E-state index contributed by atoms with van der Waals surface area (Å²) in [6.45, 7) is 1.76. The molecule has 0 bridgehead atoms. The van der Waals surface area contributed by atoms with Crippen LogP contribution < -0.4 is 10.7 Å². The molecule has 1 aromatic carbocycles. The SMILES string of the molecule is Cc1cc(=O)c(C(=O)NC2CCCC2)nn1-c1ccccc1Cl. The minimum absolute atomic E-state index is 0.0950. The summed E-state index contributed by atoms with van der Waals surface area (Å²) >= 11 is 6.20. The molecule has 23 heavy (non-hydrogen) atoms. The van der Waals surface area contributed by atoms with Crippen LogP contribution in [0.2, 0.25) is 5.02 Å². The molecule has 1 fully saturated rings. The molecule has 0 saturated heterocycles. The summed E-state index contributed by atoms with van der Waals surface area (Å²) in [6, 6.07) is 8.74. The molecule has 1 saturated carbocycles. The zero-order valence-electron chi connectivity index (χ0n) is 12.9. The fourth-order valence-electron chi connectivity index (χ4n) is 2.90. The van der Waals surface area contributed by atoms with Crippen LogP contribution in [0.3, 0.4) is 0 Å². The van der Waals surface area contributed by atoms with Crippen LogP contribution in [0.1, 0.15) is 41.9 Å². The molecule has 0 spiro atoms. The molecule has 1 aliphatic rings. The van der Waals surface area contributed by atoms with Crippen LogP contribution in [-0.2, 0) is 0 Å². The minimum atomic E-state index is -0.414. The molecule has 1 amide bonds. The summed E-state index contributed by atoms with van der Waals surface area (Å²) in [5.41, 5.74) is 0.797. The van der Waals surface area contributed by atoms with Gasteiger partial charge in [-0.25, -0.2) is 4.68 Å². The van der Waals surface area contributed by atoms with Crippen molar-refractivity contribution < 1.29 is 4.79 Å². The molecule has 6 heteroatoms. The number of nitrogens with one attached hydrogen (secondary N) is 1. The summed E-state index contributed by atoms with van der Waals surface area (Å²) in [5.74, 6) is -0.414. The van der Waals surface area contributed by atoms with Gasteiger partial charge in [0.25, 0.3) is 5.91 Å². The number of carbonyl (C=O) groups excluding carboxylic acids is 1. The zero-order valence-corrected chi connectivity index (χ0v) is 13.6. The molecule has 0 radical (unpaired) electrons. The highest BCUT2D eigenvalue weighted by Gasteiger charge is 2.21. The van der Waals surface area contributed by atoms with E-state index in [0.29, 0.717) is 16.4 Å². The second-order valence-electron chi connectivity index (χ2n) is 5.82. The number of carbonyl (C=O) groups is 1. The van der Waals surface area contributed by atoms with E-state index in [1.807, 2.05) is 12.1 Å². The van der Waals surface area contributed by atoms with Crippen molar-refractivity contribution in [2.45, 2.75) is 38.6 Å². The number of hydrogen-bond acceptors (Lipinski definition) is 3. The molecule has 0 aliphatic heterocycles. The summed E-state index contributed by atoms with van der Waals surface area (Å²) in [5, 5.41) is 7.66. The molecule has 0 unspecified atom stereocenters. The molecule has 1 aliphatic carbocycles. The van der Waals surface area contributed by atoms with Gasteiger partial charge in [-0.1, -0.05) is 36.6 Å². The van der Waals surface area contributed by atoms with Crippen molar-refractivity contribution in [2.24, 2.45) is 0 Å². The molecule has 5 nitrogen and oxygen atoms in total. The Balaban J connectivity index is 1.98. The van der Waals surface area contributed by atoms with Gasteiger partial charge in [-0.2, -0.15) is 5.10 Å². The van der Waals surface area contributed by atoms with Gasteiger partial charge in [0.05, 0.1) is 10.7 Å². The first kappa shape index (κ1) is 15.7. The second-order valence-corrected chi connectivity index (χ2v) is 6.22. The smallest absolute Gasteiger partial charge is 0.276 e. The van der Waals surface area contributed by atoms with Crippen molar-refractivity contribution in [3.63, 3.8) is 0 Å². The normalized spacial score (nSPS) is 14.9. The Morgan fingerprint density at radius 3 is 2.70 bits per heavy atom. The average Bonchev–Trinajstić information content (AvgIpc) is 3.01. The first-order valence-electron chi connectivity index (χ1n) is 7.73. The minimum Gasteiger partial charge on any atom is -0.348 e. The van der Waals surface area contributed by atoms with Gasteiger partial charge in [-0.15, -0.1) is 0 Å². The fraction of sp³-hybridized carbons (Fsp3) is 0.353. The molecule has 1 heterocycles. The number of amides is 1. The lowest BCUT2D eigenvalue weighted by Gasteiger charge is -2.14. The van der Waals surface area contributed by atoms with Crippen molar-refractivity contribution in [1.82, 2.24) is 15.1 Å². The highest BCUT2D eigenvalue weighted by atomic mass is 35.5. The zero-order chi connectivity index (χ0) is 16.4. The van der Waals surface area contributed by atoms with Gasteiger partial charge in [0.2, 0.25) is 5.43 Å². The molecule has 1 aromatic heterocycles. The largest absolute Gasteiger partial charge is 0.348 e. The number of rotatable bonds is 3. The Kier molecular flexibility index (Phi) is 4.48. The summed E-state index contributed by atoms with van der Waals surface area (Å²) in [4.78, 5) is 24.5. The molecule has 3 rings (SSSR count). The van der Waals surface area contributed by atoms with Crippen molar-refractivity contribution >= 4 is 17.5 Å². The number of nitrogens with zero attached hydrogens (tertiary/aromatic N) is 2. The molecule has 120 valence electrons. The van der Waals surface area contributed by atoms with Crippen LogP contribution in [0.15, 0.2) is 35.1 Å². The first-order valence-corrected chi connectivity index (χ1v) is 8.11. The predicted octanol–water partition coefficient (Wildman–Crippen LogP) is 2.87. The summed E-state index contributed by atoms with van der Waals surface area (Å²) in [7, 11) is 0. The van der Waals surface area contributed by atoms with Crippen molar-refractivity contribution in [1.29, 1.82) is 0 Å². The Morgan fingerprint density at radius 2 is 2.00 bits per heavy atom. The van der Waals surface area contributed by atoms with Crippen LogP contribution in [0, 0.1) is 6.92 Å². The van der Waals surface area contributed by atoms with E-state index < -0.39 is 5.91 Å². The number of aryl methyl sites for hydroxylation is 1. The van der Waals surface area contributed by atoms with Crippen LogP contribution in [-0.4, -0.2) is 21.7 Å². The van der Waals surface area contributed by atoms with E-state index in [0.717, 1.165) is 25.7 Å². The number of benzene rings is 1. The van der Waals surface area contributed by atoms with Gasteiger partial charge in [0.1, 0.15) is 0 Å². The number of hydrogen-bond donors (Lipinski definition) is 1. The van der Waals surface area contributed by atoms with Gasteiger partial charge in [-0.05, 0) is 31.9 Å².